The Bertz CT molecular complexity index is 501. The zero-order valence-corrected chi connectivity index (χ0v) is 9.78. The molecule has 17 heavy (non-hydrogen) atoms. The molecule has 4 nitrogen and oxygen atoms in total. The number of rotatable bonds is 2. The van der Waals surface area contributed by atoms with Crippen LogP contribution in [-0.2, 0) is 6.54 Å². The number of anilines is 1. The number of hydrogen-bond donors (Lipinski definition) is 2. The number of benzene rings is 1. The highest BCUT2D eigenvalue weighted by molar-refractivity contribution is 5.57. The van der Waals surface area contributed by atoms with Gasteiger partial charge in [-0.3, -0.25) is 0 Å². The molecule has 1 heterocycles. The predicted molar refractivity (Wildman–Crippen MR) is 58.4 cm³/mol. The maximum Gasteiger partial charge on any atom is 0.161 e. The van der Waals surface area contributed by atoms with Crippen molar-refractivity contribution in [3.05, 3.63) is 41.8 Å². The van der Waals surface area contributed by atoms with Gasteiger partial charge in [0.25, 0.3) is 0 Å². The Morgan fingerprint density at radius 1 is 1.24 bits per heavy atom. The van der Waals surface area contributed by atoms with Crippen LogP contribution in [0.1, 0.15) is 5.56 Å². The molecule has 0 amide bonds. The lowest BCUT2D eigenvalue weighted by Gasteiger charge is -2.03. The van der Waals surface area contributed by atoms with E-state index in [1.165, 1.54) is 12.1 Å². The average Bonchev–Trinajstić information content (AvgIpc) is 2.30. The van der Waals surface area contributed by atoms with Crippen LogP contribution in [0, 0.1) is 5.82 Å². The van der Waals surface area contributed by atoms with Gasteiger partial charge in [0, 0.05) is 11.8 Å². The van der Waals surface area contributed by atoms with E-state index in [1.807, 2.05) is 0 Å². The van der Waals surface area contributed by atoms with Crippen molar-refractivity contribution < 1.29 is 22.5 Å². The van der Waals surface area contributed by atoms with E-state index in [1.54, 1.807) is 18.3 Å². The highest BCUT2D eigenvalue weighted by Gasteiger charge is 2.06. The molecule has 0 atom stereocenters. The van der Waals surface area contributed by atoms with Crippen LogP contribution in [0.15, 0.2) is 30.5 Å². The number of hydrogen-bond acceptors (Lipinski definition) is 3. The van der Waals surface area contributed by atoms with Gasteiger partial charge in [-0.25, -0.2) is 14.4 Å². The molecule has 0 bridgehead atoms. The van der Waals surface area contributed by atoms with Crippen molar-refractivity contribution in [3.8, 4) is 11.4 Å². The van der Waals surface area contributed by atoms with E-state index in [2.05, 4.69) is 15.7 Å². The summed E-state index contributed by atoms with van der Waals surface area (Å²) in [6, 6.07) is 5.97. The van der Waals surface area contributed by atoms with Crippen molar-refractivity contribution in [2.75, 3.05) is 5.73 Å². The third kappa shape index (κ3) is 2.89. The first-order valence-electron chi connectivity index (χ1n) is 4.87. The Morgan fingerprint density at radius 3 is 2.41 bits per heavy atom. The smallest absolute Gasteiger partial charge is 0.161 e. The van der Waals surface area contributed by atoms with E-state index in [0.717, 1.165) is 11.1 Å². The highest BCUT2D eigenvalue weighted by Crippen LogP contribution is 2.17. The fourth-order valence-electron chi connectivity index (χ4n) is 1.35. The van der Waals surface area contributed by atoms with E-state index in [-0.39, 0.29) is 18.2 Å². The Kier molecular flexibility index (Phi) is 4.37. The zero-order chi connectivity index (χ0) is 11.5. The van der Waals surface area contributed by atoms with Crippen molar-refractivity contribution in [1.82, 2.24) is 9.97 Å². The van der Waals surface area contributed by atoms with Crippen LogP contribution >= 0.6 is 0 Å². The van der Waals surface area contributed by atoms with E-state index >= 15 is 0 Å². The number of halogens is 2. The fourth-order valence-corrected chi connectivity index (χ4v) is 1.35. The second-order valence-corrected chi connectivity index (χ2v) is 3.36. The van der Waals surface area contributed by atoms with E-state index < -0.39 is 0 Å². The summed E-state index contributed by atoms with van der Waals surface area (Å²) < 4.78 is 12.7. The summed E-state index contributed by atoms with van der Waals surface area (Å²) in [5.41, 5.74) is 11.0. The van der Waals surface area contributed by atoms with Crippen LogP contribution in [0.25, 0.3) is 11.4 Å². The van der Waals surface area contributed by atoms with E-state index in [4.69, 9.17) is 5.73 Å². The molecule has 0 aliphatic heterocycles. The van der Waals surface area contributed by atoms with Crippen LogP contribution in [-0.4, -0.2) is 9.97 Å². The first-order chi connectivity index (χ1) is 7.70. The number of quaternary nitrogens is 1. The molecule has 1 aromatic heterocycles. The zero-order valence-electron chi connectivity index (χ0n) is 9.03. The molecule has 0 saturated heterocycles. The summed E-state index contributed by atoms with van der Waals surface area (Å²) in [6.07, 6.45) is 1.65. The third-order valence-corrected chi connectivity index (χ3v) is 2.27. The molecule has 90 valence electrons. The summed E-state index contributed by atoms with van der Waals surface area (Å²) in [6.45, 7) is 0.551. The molecule has 5 N–H and O–H groups in total. The second-order valence-electron chi connectivity index (χ2n) is 3.36. The van der Waals surface area contributed by atoms with Crippen molar-refractivity contribution >= 4 is 5.82 Å². The number of nitrogens with two attached hydrogens (primary N) is 1. The normalized spacial score (nSPS) is 9.76. The Morgan fingerprint density at radius 2 is 1.88 bits per heavy atom. The van der Waals surface area contributed by atoms with Gasteiger partial charge in [0.2, 0.25) is 0 Å². The Labute approximate surface area is 104 Å². The summed E-state index contributed by atoms with van der Waals surface area (Å²) in [4.78, 5) is 8.30. The SMILES string of the molecule is Nc1nc(-c2ccc(F)cc2)ncc1C[NH3+].[Cl-]. The van der Waals surface area contributed by atoms with Crippen molar-refractivity contribution in [1.29, 1.82) is 0 Å². The van der Waals surface area contributed by atoms with Crippen molar-refractivity contribution in [3.63, 3.8) is 0 Å². The maximum absolute atomic E-state index is 12.7. The predicted octanol–water partition coefficient (Wildman–Crippen LogP) is -2.39. The number of nitrogen functional groups attached to an aromatic ring is 1. The van der Waals surface area contributed by atoms with Gasteiger partial charge in [0.05, 0.1) is 5.56 Å². The van der Waals surface area contributed by atoms with Gasteiger partial charge in [0.1, 0.15) is 18.2 Å². The van der Waals surface area contributed by atoms with E-state index in [0.29, 0.717) is 18.2 Å². The third-order valence-electron chi connectivity index (χ3n) is 2.27. The summed E-state index contributed by atoms with van der Waals surface area (Å²) in [7, 11) is 0. The lowest BCUT2D eigenvalue weighted by molar-refractivity contribution is -0.386. The van der Waals surface area contributed by atoms with Gasteiger partial charge >= 0.3 is 0 Å². The molecule has 0 spiro atoms. The molecule has 0 saturated carbocycles. The van der Waals surface area contributed by atoms with Crippen LogP contribution in [0.2, 0.25) is 0 Å². The molecule has 0 aliphatic carbocycles. The van der Waals surface area contributed by atoms with Gasteiger partial charge in [-0.05, 0) is 24.3 Å². The number of aromatic nitrogens is 2. The van der Waals surface area contributed by atoms with Gasteiger partial charge < -0.3 is 23.9 Å². The Hall–Kier alpha value is -1.72. The molecule has 0 fully saturated rings. The molecule has 0 aliphatic rings. The molecular weight excluding hydrogens is 243 g/mol. The molecule has 0 unspecified atom stereocenters. The first-order valence-corrected chi connectivity index (χ1v) is 4.87. The number of nitrogens with zero attached hydrogens (tertiary/aromatic N) is 2. The van der Waals surface area contributed by atoms with Crippen LogP contribution < -0.4 is 23.9 Å². The van der Waals surface area contributed by atoms with Gasteiger partial charge in [-0.2, -0.15) is 0 Å². The van der Waals surface area contributed by atoms with Gasteiger partial charge in [-0.15, -0.1) is 0 Å². The molecule has 1 aromatic carbocycles. The maximum atomic E-state index is 12.7. The largest absolute Gasteiger partial charge is 1.00 e. The molecule has 6 heteroatoms. The fraction of sp³-hybridized carbons (Fsp3) is 0.0909. The van der Waals surface area contributed by atoms with Crippen LogP contribution in [0.4, 0.5) is 10.2 Å². The summed E-state index contributed by atoms with van der Waals surface area (Å²) >= 11 is 0. The highest BCUT2D eigenvalue weighted by atomic mass is 35.5. The first kappa shape index (κ1) is 13.3. The van der Waals surface area contributed by atoms with Crippen molar-refractivity contribution in [2.24, 2.45) is 0 Å². The van der Waals surface area contributed by atoms with Crippen LogP contribution in [0.3, 0.4) is 0 Å². The van der Waals surface area contributed by atoms with Crippen molar-refractivity contribution in [2.45, 2.75) is 6.54 Å². The monoisotopic (exact) mass is 254 g/mol. The lowest BCUT2D eigenvalue weighted by Crippen LogP contribution is -3.00. The standard InChI is InChI=1S/C11H11FN4.ClH/c12-9-3-1-7(2-4-9)11-15-6-8(5-13)10(14)16-11;/h1-4,6H,5,13H2,(H2,14,15,16);1H. The van der Waals surface area contributed by atoms with E-state index in [9.17, 15) is 4.39 Å². The summed E-state index contributed by atoms with van der Waals surface area (Å²) in [5, 5.41) is 0. The quantitative estimate of drug-likeness (QED) is 0.628. The minimum absolute atomic E-state index is 0. The minimum Gasteiger partial charge on any atom is -1.00 e. The molecule has 2 rings (SSSR count). The topological polar surface area (TPSA) is 79.4 Å². The van der Waals surface area contributed by atoms with Gasteiger partial charge in [-0.1, -0.05) is 0 Å². The average molecular weight is 255 g/mol. The second kappa shape index (κ2) is 5.56. The minimum atomic E-state index is -0.286. The lowest BCUT2D eigenvalue weighted by atomic mass is 10.2. The molecular formula is C11H12ClFN4. The summed E-state index contributed by atoms with van der Waals surface area (Å²) in [5.74, 6) is 0.630. The van der Waals surface area contributed by atoms with Gasteiger partial charge in [0.15, 0.2) is 5.82 Å². The molecule has 0 radical (unpaired) electrons. The molecule has 2 aromatic rings. The Balaban J connectivity index is 0.00000144. The van der Waals surface area contributed by atoms with Crippen LogP contribution in [0.5, 0.6) is 0 Å².